The average molecular weight is 486 g/mol. The van der Waals surface area contributed by atoms with Gasteiger partial charge in [-0.1, -0.05) is 39.1 Å². The van der Waals surface area contributed by atoms with Gasteiger partial charge in [0.25, 0.3) is 0 Å². The number of rotatable bonds is 2. The molecule has 2 aromatic carbocycles. The minimum absolute atomic E-state index is 0.0215. The number of hydrogen-bond donors (Lipinski definition) is 2. The number of urea groups is 1. The maximum absolute atomic E-state index is 13.6. The average Bonchev–Trinajstić information content (AvgIpc) is 2.89. The first-order valence-electron chi connectivity index (χ1n) is 7.30. The van der Waals surface area contributed by atoms with Crippen LogP contribution in [-0.2, 0) is 0 Å². The predicted octanol–water partition coefficient (Wildman–Crippen LogP) is 5.87. The quantitative estimate of drug-likeness (QED) is 0.559. The van der Waals surface area contributed by atoms with Gasteiger partial charge < -0.3 is 14.8 Å². The smallest absolute Gasteiger partial charge is 0.424 e. The maximum Gasteiger partial charge on any atom is 0.492 e. The summed E-state index contributed by atoms with van der Waals surface area (Å²) in [6.45, 7) is 1.76. The Kier molecular flexibility index (Phi) is 5.13. The monoisotopic (exact) mass is 484 g/mol. The Morgan fingerprint density at radius 3 is 2.15 bits per heavy atom. The number of benzene rings is 2. The van der Waals surface area contributed by atoms with Gasteiger partial charge in [0, 0.05) is 22.3 Å². The predicted molar refractivity (Wildman–Crippen MR) is 97.5 cm³/mol. The fourth-order valence-corrected chi connectivity index (χ4v) is 2.83. The van der Waals surface area contributed by atoms with E-state index in [9.17, 15) is 18.0 Å². The van der Waals surface area contributed by atoms with E-state index in [2.05, 4.69) is 21.2 Å². The van der Waals surface area contributed by atoms with E-state index in [1.54, 1.807) is 24.4 Å². The molecule has 2 amide bonds. The fourth-order valence-electron chi connectivity index (χ4n) is 2.27. The lowest BCUT2D eigenvalue weighted by molar-refractivity contribution is -0.317. The summed E-state index contributed by atoms with van der Waals surface area (Å²) in [5.41, 5.74) is 1.07. The summed E-state index contributed by atoms with van der Waals surface area (Å²) in [6.07, 6.45) is -5.10. The largest absolute Gasteiger partial charge is 0.492 e. The number of fused-ring (bicyclic) bond motifs is 1. The van der Waals surface area contributed by atoms with Crippen molar-refractivity contribution in [1.82, 2.24) is 5.32 Å². The zero-order valence-electron chi connectivity index (χ0n) is 13.4. The van der Waals surface area contributed by atoms with Gasteiger partial charge in [-0.2, -0.15) is 13.2 Å². The summed E-state index contributed by atoms with van der Waals surface area (Å²) in [6, 6.07) is 5.71. The lowest BCUT2D eigenvalue weighted by Crippen LogP contribution is -2.65. The normalized spacial score (nSPS) is 14.8. The molecular weight excluding hydrogens is 476 g/mol. The van der Waals surface area contributed by atoms with Crippen molar-refractivity contribution in [1.29, 1.82) is 0 Å². The molecule has 0 aliphatic carbocycles. The number of nitrogens with one attached hydrogen (secondary N) is 2. The Labute approximate surface area is 169 Å². The molecule has 27 heavy (non-hydrogen) atoms. The first kappa shape index (κ1) is 19.9. The second kappa shape index (κ2) is 6.96. The minimum Gasteiger partial charge on any atom is -0.424 e. The Hall–Kier alpha value is -1.84. The number of aryl methyl sites for hydroxylation is 1. The van der Waals surface area contributed by atoms with Gasteiger partial charge in [-0.3, -0.25) is 5.32 Å². The molecule has 2 N–H and O–H groups in total. The zero-order valence-corrected chi connectivity index (χ0v) is 16.5. The van der Waals surface area contributed by atoms with Crippen LogP contribution >= 0.6 is 39.1 Å². The third kappa shape index (κ3) is 3.90. The number of halogens is 6. The van der Waals surface area contributed by atoms with E-state index >= 15 is 0 Å². The summed E-state index contributed by atoms with van der Waals surface area (Å²) in [4.78, 5) is 12.2. The molecule has 0 fully saturated rings. The van der Waals surface area contributed by atoms with Crippen LogP contribution in [-0.4, -0.2) is 18.1 Å². The molecule has 1 aliphatic heterocycles. The van der Waals surface area contributed by atoms with Crippen LogP contribution in [0.5, 0.6) is 11.5 Å². The van der Waals surface area contributed by atoms with Crippen LogP contribution in [0.15, 0.2) is 34.8 Å². The molecule has 11 heteroatoms. The van der Waals surface area contributed by atoms with Crippen LogP contribution in [0.3, 0.4) is 0 Å². The van der Waals surface area contributed by atoms with Crippen molar-refractivity contribution in [3.63, 3.8) is 0 Å². The second-order valence-corrected chi connectivity index (χ2v) is 7.24. The molecule has 0 saturated heterocycles. The summed E-state index contributed by atoms with van der Waals surface area (Å²) in [5.74, 6) is -4.03. The third-order valence-corrected chi connectivity index (χ3v) is 5.17. The number of amides is 2. The van der Waals surface area contributed by atoms with E-state index in [4.69, 9.17) is 32.7 Å². The highest BCUT2D eigenvalue weighted by molar-refractivity contribution is 9.10. The Morgan fingerprint density at radius 2 is 1.67 bits per heavy atom. The van der Waals surface area contributed by atoms with Gasteiger partial charge in [-0.05, 0) is 30.7 Å². The van der Waals surface area contributed by atoms with Crippen molar-refractivity contribution in [3.05, 3.63) is 50.4 Å². The van der Waals surface area contributed by atoms with Crippen molar-refractivity contribution in [2.45, 2.75) is 19.0 Å². The molecule has 0 aromatic heterocycles. The Morgan fingerprint density at radius 1 is 1.11 bits per heavy atom. The molecule has 5 nitrogen and oxygen atoms in total. The number of hydrogen-bond acceptors (Lipinski definition) is 3. The van der Waals surface area contributed by atoms with E-state index in [1.165, 1.54) is 6.07 Å². The molecule has 1 heterocycles. The zero-order chi connectivity index (χ0) is 20.0. The molecule has 144 valence electrons. The van der Waals surface area contributed by atoms with E-state index in [-0.39, 0.29) is 27.2 Å². The number of alkyl halides is 3. The maximum atomic E-state index is 13.6. The molecule has 0 saturated carbocycles. The summed E-state index contributed by atoms with van der Waals surface area (Å²) in [5, 5.41) is 3.94. The van der Waals surface area contributed by atoms with E-state index in [0.717, 1.165) is 22.2 Å². The van der Waals surface area contributed by atoms with Crippen molar-refractivity contribution in [2.24, 2.45) is 0 Å². The van der Waals surface area contributed by atoms with Gasteiger partial charge in [0.1, 0.15) is 0 Å². The van der Waals surface area contributed by atoms with Crippen LogP contribution in [0.2, 0.25) is 10.0 Å². The lowest BCUT2D eigenvalue weighted by atomic mass is 10.2. The highest BCUT2D eigenvalue weighted by Crippen LogP contribution is 2.47. The van der Waals surface area contributed by atoms with Gasteiger partial charge in [0.15, 0.2) is 11.5 Å². The van der Waals surface area contributed by atoms with E-state index in [0.29, 0.717) is 0 Å². The second-order valence-electron chi connectivity index (χ2n) is 5.57. The standard InChI is InChI=1S/C16H10BrCl2F3N2O3/c1-7-4-8(2-3-9(7)17)23-14(25)24-16(15(20,21)22)26-12-5-10(18)11(19)6-13(12)27-16/h2-6H,1H3,(H2,23,24,25). The Balaban J connectivity index is 1.84. The number of carbonyl (C=O) groups is 1. The molecule has 0 unspecified atom stereocenters. The highest BCUT2D eigenvalue weighted by atomic mass is 79.9. The minimum atomic E-state index is -5.10. The van der Waals surface area contributed by atoms with Crippen molar-refractivity contribution in [2.75, 3.05) is 5.32 Å². The third-order valence-electron chi connectivity index (χ3n) is 3.56. The molecule has 0 atom stereocenters. The van der Waals surface area contributed by atoms with Gasteiger partial charge in [0.2, 0.25) is 0 Å². The topological polar surface area (TPSA) is 59.6 Å². The molecule has 1 aliphatic rings. The van der Waals surface area contributed by atoms with Gasteiger partial charge >= 0.3 is 18.1 Å². The Bertz CT molecular complexity index is 894. The molecule has 2 aromatic rings. The summed E-state index contributed by atoms with van der Waals surface area (Å²) < 4.78 is 51.4. The lowest BCUT2D eigenvalue weighted by Gasteiger charge is -2.29. The molecule has 0 bridgehead atoms. The van der Waals surface area contributed by atoms with Crippen LogP contribution in [0.4, 0.5) is 23.7 Å². The van der Waals surface area contributed by atoms with Crippen LogP contribution in [0.1, 0.15) is 5.56 Å². The van der Waals surface area contributed by atoms with E-state index < -0.39 is 18.1 Å². The van der Waals surface area contributed by atoms with Crippen molar-refractivity contribution < 1.29 is 27.4 Å². The van der Waals surface area contributed by atoms with E-state index in [1.807, 2.05) is 0 Å². The van der Waals surface area contributed by atoms with Gasteiger partial charge in [-0.25, -0.2) is 4.79 Å². The van der Waals surface area contributed by atoms with Crippen molar-refractivity contribution >= 4 is 50.9 Å². The number of carbonyl (C=O) groups excluding carboxylic acids is 1. The molecule has 0 spiro atoms. The first-order chi connectivity index (χ1) is 12.5. The molecule has 3 rings (SSSR count). The first-order valence-corrected chi connectivity index (χ1v) is 8.85. The van der Waals surface area contributed by atoms with Crippen molar-refractivity contribution in [3.8, 4) is 11.5 Å². The van der Waals surface area contributed by atoms with Gasteiger partial charge in [-0.15, -0.1) is 0 Å². The fraction of sp³-hybridized carbons (Fsp3) is 0.188. The number of ether oxygens (including phenoxy) is 2. The highest BCUT2D eigenvalue weighted by Gasteiger charge is 2.65. The molecule has 0 radical (unpaired) electrons. The number of anilines is 1. The summed E-state index contributed by atoms with van der Waals surface area (Å²) in [7, 11) is 0. The summed E-state index contributed by atoms with van der Waals surface area (Å²) >= 11 is 14.9. The van der Waals surface area contributed by atoms with Crippen LogP contribution in [0, 0.1) is 6.92 Å². The SMILES string of the molecule is Cc1cc(NC(=O)NC2(C(F)(F)F)Oc3cc(Cl)c(Cl)cc3O2)ccc1Br. The van der Waals surface area contributed by atoms with Crippen LogP contribution < -0.4 is 20.1 Å². The molecular formula is C16H10BrCl2F3N2O3. The van der Waals surface area contributed by atoms with Gasteiger partial charge in [0.05, 0.1) is 10.0 Å². The van der Waals surface area contributed by atoms with Crippen LogP contribution in [0.25, 0.3) is 0 Å².